The number of hydrogen-bond donors (Lipinski definition) is 3. The largest absolute Gasteiger partial charge is 0.508 e. The van der Waals surface area contributed by atoms with Crippen molar-refractivity contribution in [3.8, 4) is 11.5 Å². The Kier molecular flexibility index (Phi) is 11.7. The molecule has 0 bridgehead atoms. The SMILES string of the molecule is COCCN1CCC(c2ccccc2)(c2cc(CCOCCCCNCCc3cccc4c3OCC(=O)N4)ccc2O)CC1. The molecule has 0 radical (unpaired) electrons. The number of carbonyl (C=O) groups excluding carboxylic acids is 1. The number of amides is 1. The van der Waals surface area contributed by atoms with Crippen LogP contribution in [-0.4, -0.2) is 82.2 Å². The molecule has 0 atom stereocenters. The summed E-state index contributed by atoms with van der Waals surface area (Å²) in [7, 11) is 1.75. The Labute approximate surface area is 261 Å². The predicted octanol–water partition coefficient (Wildman–Crippen LogP) is 4.92. The van der Waals surface area contributed by atoms with Crippen molar-refractivity contribution in [3.05, 3.63) is 89.0 Å². The van der Waals surface area contributed by atoms with Crippen LogP contribution >= 0.6 is 0 Å². The van der Waals surface area contributed by atoms with Gasteiger partial charge in [0.25, 0.3) is 5.91 Å². The average molecular weight is 602 g/mol. The van der Waals surface area contributed by atoms with E-state index in [4.69, 9.17) is 14.2 Å². The number of para-hydroxylation sites is 1. The maximum absolute atomic E-state index is 11.5. The molecule has 1 fully saturated rings. The number of phenolic OH excluding ortho intramolecular Hbond substituents is 1. The van der Waals surface area contributed by atoms with E-state index in [1.807, 2.05) is 24.3 Å². The van der Waals surface area contributed by atoms with Crippen LogP contribution in [0.5, 0.6) is 11.5 Å². The number of fused-ring (bicyclic) bond motifs is 1. The number of phenols is 1. The van der Waals surface area contributed by atoms with Crippen LogP contribution in [0.2, 0.25) is 0 Å². The average Bonchev–Trinajstić information content (AvgIpc) is 3.06. The predicted molar refractivity (Wildman–Crippen MR) is 174 cm³/mol. The number of carbonyl (C=O) groups is 1. The summed E-state index contributed by atoms with van der Waals surface area (Å²) in [5, 5.41) is 17.5. The van der Waals surface area contributed by atoms with E-state index in [1.165, 1.54) is 11.1 Å². The van der Waals surface area contributed by atoms with Gasteiger partial charge >= 0.3 is 0 Å². The van der Waals surface area contributed by atoms with Gasteiger partial charge in [-0.15, -0.1) is 0 Å². The first kappa shape index (κ1) is 32.0. The van der Waals surface area contributed by atoms with Crippen LogP contribution in [-0.2, 0) is 32.5 Å². The van der Waals surface area contributed by atoms with Gasteiger partial charge in [0.05, 0.1) is 18.9 Å². The van der Waals surface area contributed by atoms with Gasteiger partial charge in [0.1, 0.15) is 11.5 Å². The van der Waals surface area contributed by atoms with Crippen molar-refractivity contribution in [1.82, 2.24) is 10.2 Å². The van der Waals surface area contributed by atoms with Crippen LogP contribution in [0, 0.1) is 0 Å². The molecule has 44 heavy (non-hydrogen) atoms. The Morgan fingerprint density at radius 1 is 0.955 bits per heavy atom. The Morgan fingerprint density at radius 2 is 1.80 bits per heavy atom. The number of rotatable bonds is 16. The minimum atomic E-state index is -0.207. The number of hydrogen-bond acceptors (Lipinski definition) is 7. The molecule has 2 aliphatic rings. The van der Waals surface area contributed by atoms with E-state index in [1.54, 1.807) is 7.11 Å². The molecule has 1 saturated heterocycles. The highest BCUT2D eigenvalue weighted by molar-refractivity contribution is 5.95. The number of nitrogens with zero attached hydrogens (tertiary/aromatic N) is 1. The first-order valence-electron chi connectivity index (χ1n) is 16.0. The molecular formula is C36H47N3O5. The van der Waals surface area contributed by atoms with Crippen molar-refractivity contribution < 1.29 is 24.1 Å². The molecule has 3 N–H and O–H groups in total. The molecular weight excluding hydrogens is 554 g/mol. The maximum Gasteiger partial charge on any atom is 0.262 e. The molecule has 0 aromatic heterocycles. The molecule has 2 aliphatic heterocycles. The summed E-state index contributed by atoms with van der Waals surface area (Å²) in [6.07, 6.45) is 5.63. The summed E-state index contributed by atoms with van der Waals surface area (Å²) in [5.74, 6) is 1.06. The van der Waals surface area contributed by atoms with Crippen molar-refractivity contribution in [2.45, 2.75) is 43.9 Å². The Morgan fingerprint density at radius 3 is 2.61 bits per heavy atom. The second kappa shape index (κ2) is 16.0. The zero-order valence-electron chi connectivity index (χ0n) is 26.0. The fourth-order valence-electron chi connectivity index (χ4n) is 6.44. The van der Waals surface area contributed by atoms with E-state index in [2.05, 4.69) is 58.0 Å². The van der Waals surface area contributed by atoms with Crippen molar-refractivity contribution in [2.24, 2.45) is 0 Å². The lowest BCUT2D eigenvalue weighted by atomic mass is 9.67. The number of piperidine rings is 1. The van der Waals surface area contributed by atoms with Gasteiger partial charge in [0.15, 0.2) is 6.61 Å². The first-order valence-corrected chi connectivity index (χ1v) is 16.0. The molecule has 0 aliphatic carbocycles. The molecule has 236 valence electrons. The lowest BCUT2D eigenvalue weighted by Gasteiger charge is -2.43. The summed E-state index contributed by atoms with van der Waals surface area (Å²) >= 11 is 0. The smallest absolute Gasteiger partial charge is 0.262 e. The number of nitrogens with one attached hydrogen (secondary N) is 2. The minimum absolute atomic E-state index is 0.0777. The van der Waals surface area contributed by atoms with Crippen molar-refractivity contribution in [3.63, 3.8) is 0 Å². The van der Waals surface area contributed by atoms with E-state index in [9.17, 15) is 9.90 Å². The van der Waals surface area contributed by atoms with Crippen LogP contribution in [0.15, 0.2) is 66.7 Å². The second-order valence-electron chi connectivity index (χ2n) is 11.8. The third-order valence-corrected chi connectivity index (χ3v) is 8.94. The quantitative estimate of drug-likeness (QED) is 0.201. The topological polar surface area (TPSA) is 92.3 Å². The highest BCUT2D eigenvalue weighted by Crippen LogP contribution is 2.45. The molecule has 8 heteroatoms. The number of unbranched alkanes of at least 4 members (excludes halogenated alkanes) is 1. The van der Waals surface area contributed by atoms with Crippen LogP contribution in [0.25, 0.3) is 0 Å². The molecule has 3 aromatic rings. The highest BCUT2D eigenvalue weighted by atomic mass is 16.5. The summed E-state index contributed by atoms with van der Waals surface area (Å²) in [6.45, 7) is 6.89. The highest BCUT2D eigenvalue weighted by Gasteiger charge is 2.39. The molecule has 0 unspecified atom stereocenters. The number of benzene rings is 3. The van der Waals surface area contributed by atoms with E-state index in [0.29, 0.717) is 12.4 Å². The number of likely N-dealkylation sites (tertiary alicyclic amines) is 1. The van der Waals surface area contributed by atoms with Crippen LogP contribution < -0.4 is 15.4 Å². The molecule has 8 nitrogen and oxygen atoms in total. The zero-order valence-corrected chi connectivity index (χ0v) is 26.0. The van der Waals surface area contributed by atoms with Crippen LogP contribution in [0.3, 0.4) is 0 Å². The van der Waals surface area contributed by atoms with E-state index in [0.717, 1.165) is 107 Å². The number of methoxy groups -OCH3 is 1. The second-order valence-corrected chi connectivity index (χ2v) is 11.8. The van der Waals surface area contributed by atoms with Crippen LogP contribution in [0.4, 0.5) is 5.69 Å². The normalized spacial score (nSPS) is 16.2. The van der Waals surface area contributed by atoms with Gasteiger partial charge in [0, 0.05) is 31.2 Å². The van der Waals surface area contributed by atoms with Crippen molar-refractivity contribution in [1.29, 1.82) is 0 Å². The van der Waals surface area contributed by atoms with Gasteiger partial charge in [0.2, 0.25) is 0 Å². The molecule has 1 amide bonds. The van der Waals surface area contributed by atoms with Crippen molar-refractivity contribution in [2.75, 3.05) is 71.6 Å². The Bertz CT molecular complexity index is 1340. The Balaban J connectivity index is 1.05. The molecule has 2 heterocycles. The summed E-state index contributed by atoms with van der Waals surface area (Å²) in [6, 6.07) is 22.7. The van der Waals surface area contributed by atoms with Gasteiger partial charge in [-0.2, -0.15) is 0 Å². The van der Waals surface area contributed by atoms with Gasteiger partial charge in [-0.3, -0.25) is 4.79 Å². The fourth-order valence-corrected chi connectivity index (χ4v) is 6.44. The first-order chi connectivity index (χ1) is 21.6. The lowest BCUT2D eigenvalue weighted by Crippen LogP contribution is -2.44. The third-order valence-electron chi connectivity index (χ3n) is 8.94. The van der Waals surface area contributed by atoms with E-state index < -0.39 is 0 Å². The molecule has 0 saturated carbocycles. The minimum Gasteiger partial charge on any atom is -0.508 e. The number of ether oxygens (including phenoxy) is 3. The Hall–Kier alpha value is -3.43. The van der Waals surface area contributed by atoms with Gasteiger partial charge in [-0.05, 0) is 93.5 Å². The van der Waals surface area contributed by atoms with Crippen molar-refractivity contribution >= 4 is 11.6 Å². The number of anilines is 1. The molecule has 0 spiro atoms. The van der Waals surface area contributed by atoms with E-state index in [-0.39, 0.29) is 17.9 Å². The van der Waals surface area contributed by atoms with Gasteiger partial charge < -0.3 is 34.9 Å². The standard InChI is InChI=1S/C36H47N3O5/c1-42-25-22-39-20-16-36(17-21-39,30-9-3-2-4-10-30)31-26-28(12-13-33(31)40)15-24-43-23-6-5-18-37-19-14-29-8-7-11-32-35(29)44-27-34(41)38-32/h2-4,7-13,26,37,40H,5-6,14-25,27H2,1H3,(H,38,41). The maximum atomic E-state index is 11.5. The fraction of sp³-hybridized carbons (Fsp3) is 0.472. The summed E-state index contributed by atoms with van der Waals surface area (Å²) in [4.78, 5) is 14.0. The van der Waals surface area contributed by atoms with Crippen LogP contribution in [0.1, 0.15) is 47.9 Å². The molecule has 5 rings (SSSR count). The van der Waals surface area contributed by atoms with Gasteiger partial charge in [-0.1, -0.05) is 54.6 Å². The van der Waals surface area contributed by atoms with E-state index >= 15 is 0 Å². The third kappa shape index (κ3) is 8.18. The zero-order chi connectivity index (χ0) is 30.6. The van der Waals surface area contributed by atoms with Gasteiger partial charge in [-0.25, -0.2) is 0 Å². The number of aromatic hydroxyl groups is 1. The summed E-state index contributed by atoms with van der Waals surface area (Å²) in [5.41, 5.74) is 5.16. The summed E-state index contributed by atoms with van der Waals surface area (Å²) < 4.78 is 17.0. The lowest BCUT2D eigenvalue weighted by molar-refractivity contribution is -0.118. The molecule has 3 aromatic carbocycles. The monoisotopic (exact) mass is 601 g/mol.